The molecule has 6 heteroatoms. The molecule has 0 saturated carbocycles. The molecule has 0 aliphatic rings. The summed E-state index contributed by atoms with van der Waals surface area (Å²) in [6.45, 7) is 0.229. The van der Waals surface area contributed by atoms with Crippen molar-refractivity contribution >= 4 is 11.6 Å². The predicted molar refractivity (Wildman–Crippen MR) is 106 cm³/mol. The molecule has 0 spiro atoms. The predicted octanol–water partition coefficient (Wildman–Crippen LogP) is 1.13. The number of imidazole rings is 1. The number of nitrogens with zero attached hydrogens (tertiary/aromatic N) is 2. The van der Waals surface area contributed by atoms with E-state index in [0.29, 0.717) is 5.75 Å². The molecule has 138 valence electrons. The zero-order chi connectivity index (χ0) is 19.3. The molecule has 4 aromatic rings. The first-order valence-corrected chi connectivity index (χ1v) is 8.70. The number of aromatic carboxylic acids is 1. The van der Waals surface area contributed by atoms with Crippen molar-refractivity contribution < 1.29 is 45.6 Å². The molecule has 4 rings (SSSR count). The topological polar surface area (TPSA) is 63.8 Å². The third kappa shape index (κ3) is 4.87. The van der Waals surface area contributed by atoms with Gasteiger partial charge in [0.25, 0.3) is 0 Å². The van der Waals surface area contributed by atoms with Crippen molar-refractivity contribution in [2.24, 2.45) is 0 Å². The molecule has 0 fully saturated rings. The van der Waals surface area contributed by atoms with Crippen LogP contribution in [-0.4, -0.2) is 20.5 Å². The summed E-state index contributed by atoms with van der Waals surface area (Å²) in [6.07, 6.45) is 1.92. The summed E-state index contributed by atoms with van der Waals surface area (Å²) in [5.74, 6) is 5.98. The van der Waals surface area contributed by atoms with Crippen LogP contribution in [-0.2, 0) is 6.61 Å². The Morgan fingerprint density at radius 2 is 1.72 bits per heavy atom. The minimum atomic E-state index is -0.967. The average Bonchev–Trinajstić information content (AvgIpc) is 3.09. The van der Waals surface area contributed by atoms with E-state index in [2.05, 4.69) is 16.8 Å². The number of benzene rings is 2. The fourth-order valence-corrected chi connectivity index (χ4v) is 2.78. The second-order valence-corrected chi connectivity index (χ2v) is 6.07. The number of ether oxygens (including phenoxy) is 1. The molecule has 0 amide bonds. The number of pyridine rings is 1. The second-order valence-electron chi connectivity index (χ2n) is 6.07. The Balaban J connectivity index is 0.00000160. The summed E-state index contributed by atoms with van der Waals surface area (Å²) in [4.78, 5) is 15.6. The zero-order valence-corrected chi connectivity index (χ0v) is 17.9. The van der Waals surface area contributed by atoms with Crippen LogP contribution in [0.2, 0.25) is 0 Å². The Morgan fingerprint density at radius 3 is 2.45 bits per heavy atom. The van der Waals surface area contributed by atoms with E-state index < -0.39 is 5.97 Å². The van der Waals surface area contributed by atoms with Gasteiger partial charge in [0.1, 0.15) is 29.4 Å². The number of fused-ring (bicyclic) bond motifs is 1. The van der Waals surface area contributed by atoms with Crippen molar-refractivity contribution in [2.75, 3.05) is 0 Å². The van der Waals surface area contributed by atoms with Gasteiger partial charge in [0, 0.05) is 11.8 Å². The van der Waals surface area contributed by atoms with Crippen LogP contribution in [0, 0.1) is 11.8 Å². The van der Waals surface area contributed by atoms with Crippen LogP contribution in [0.3, 0.4) is 0 Å². The van der Waals surface area contributed by atoms with Gasteiger partial charge in [-0.2, -0.15) is 0 Å². The molecule has 0 aliphatic carbocycles. The van der Waals surface area contributed by atoms with Gasteiger partial charge in [-0.15, -0.1) is 0 Å². The standard InChI is InChI=1S/C23H16N2O3.Na.H/c26-23(27)18-10-12-19(13-11-18)28-16-20-21(14-9-17-6-2-1-3-7-17)25-15-5-4-8-22(25)24-20;;/h1-8,10-13,15H,16H2,(H,26,27);;/q;+1;-1. The number of hydrogen-bond acceptors (Lipinski definition) is 3. The molecule has 2 aromatic carbocycles. The van der Waals surface area contributed by atoms with Crippen LogP contribution in [0.4, 0.5) is 0 Å². The van der Waals surface area contributed by atoms with E-state index in [1.165, 1.54) is 12.1 Å². The van der Waals surface area contributed by atoms with Gasteiger partial charge in [0.2, 0.25) is 0 Å². The molecule has 0 aliphatic heterocycles. The monoisotopic (exact) mass is 392 g/mol. The average molecular weight is 392 g/mol. The molecule has 2 aromatic heterocycles. The van der Waals surface area contributed by atoms with Crippen molar-refractivity contribution in [1.29, 1.82) is 0 Å². The van der Waals surface area contributed by atoms with Gasteiger partial charge in [0.05, 0.1) is 5.56 Å². The summed E-state index contributed by atoms with van der Waals surface area (Å²) < 4.78 is 7.75. The molecule has 29 heavy (non-hydrogen) atoms. The maximum absolute atomic E-state index is 11.0. The van der Waals surface area contributed by atoms with Crippen LogP contribution >= 0.6 is 0 Å². The first kappa shape index (κ1) is 20.7. The van der Waals surface area contributed by atoms with E-state index in [9.17, 15) is 4.79 Å². The first-order valence-electron chi connectivity index (χ1n) is 8.70. The van der Waals surface area contributed by atoms with Gasteiger partial charge in [-0.25, -0.2) is 9.78 Å². The van der Waals surface area contributed by atoms with Crippen LogP contribution < -0.4 is 34.3 Å². The smallest absolute Gasteiger partial charge is 1.00 e. The maximum Gasteiger partial charge on any atom is 1.00 e. The molecule has 0 radical (unpaired) electrons. The third-order valence-corrected chi connectivity index (χ3v) is 4.18. The maximum atomic E-state index is 11.0. The molecule has 0 atom stereocenters. The largest absolute Gasteiger partial charge is 1.00 e. The summed E-state index contributed by atoms with van der Waals surface area (Å²) in [7, 11) is 0. The van der Waals surface area contributed by atoms with Crippen molar-refractivity contribution in [3.05, 3.63) is 102 Å². The molecule has 0 unspecified atom stereocenters. The normalized spacial score (nSPS) is 9.93. The summed E-state index contributed by atoms with van der Waals surface area (Å²) >= 11 is 0. The number of carbonyl (C=O) groups is 1. The van der Waals surface area contributed by atoms with Crippen molar-refractivity contribution in [3.63, 3.8) is 0 Å². The fourth-order valence-electron chi connectivity index (χ4n) is 2.78. The van der Waals surface area contributed by atoms with Gasteiger partial charge in [-0.3, -0.25) is 4.40 Å². The van der Waals surface area contributed by atoms with Gasteiger partial charge < -0.3 is 11.3 Å². The Hall–Kier alpha value is -3.04. The summed E-state index contributed by atoms with van der Waals surface area (Å²) in [5.41, 5.74) is 3.41. The number of carboxylic acid groups (broad SMARTS) is 1. The van der Waals surface area contributed by atoms with Crippen LogP contribution in [0.1, 0.15) is 28.7 Å². The van der Waals surface area contributed by atoms with E-state index in [4.69, 9.17) is 9.84 Å². The molecule has 0 saturated heterocycles. The van der Waals surface area contributed by atoms with Gasteiger partial charge in [-0.1, -0.05) is 30.2 Å². The minimum absolute atomic E-state index is 0. The van der Waals surface area contributed by atoms with Crippen molar-refractivity contribution in [2.45, 2.75) is 6.61 Å². The summed E-state index contributed by atoms with van der Waals surface area (Å²) in [6, 6.07) is 21.8. The number of carboxylic acids is 1. The van der Waals surface area contributed by atoms with E-state index in [-0.39, 0.29) is 43.2 Å². The van der Waals surface area contributed by atoms with Crippen LogP contribution in [0.25, 0.3) is 5.65 Å². The minimum Gasteiger partial charge on any atom is -1.00 e. The number of rotatable bonds is 4. The van der Waals surface area contributed by atoms with E-state index in [1.807, 2.05) is 59.1 Å². The molecule has 5 nitrogen and oxygen atoms in total. The van der Waals surface area contributed by atoms with E-state index in [0.717, 1.165) is 22.6 Å². The van der Waals surface area contributed by atoms with Gasteiger partial charge in [-0.05, 0) is 54.5 Å². The van der Waals surface area contributed by atoms with Crippen molar-refractivity contribution in [1.82, 2.24) is 9.38 Å². The fraction of sp³-hybridized carbons (Fsp3) is 0.0435. The SMILES string of the molecule is O=C(O)c1ccc(OCc2nc3ccccn3c2C#Cc2ccccc2)cc1.[H-].[Na+]. The van der Waals surface area contributed by atoms with E-state index in [1.54, 1.807) is 12.1 Å². The van der Waals surface area contributed by atoms with Gasteiger partial charge >= 0.3 is 35.5 Å². The molecular formula is C23H17N2NaO3. The quantitative estimate of drug-likeness (QED) is 0.418. The molecule has 0 bridgehead atoms. The zero-order valence-electron chi connectivity index (χ0n) is 16.9. The van der Waals surface area contributed by atoms with Crippen molar-refractivity contribution in [3.8, 4) is 17.6 Å². The summed E-state index contributed by atoms with van der Waals surface area (Å²) in [5, 5.41) is 8.98. The second kappa shape index (κ2) is 9.44. The molecule has 1 N–H and O–H groups in total. The Labute approximate surface area is 191 Å². The third-order valence-electron chi connectivity index (χ3n) is 4.18. The molecule has 2 heterocycles. The number of aromatic nitrogens is 2. The van der Waals surface area contributed by atoms with Crippen LogP contribution in [0.5, 0.6) is 5.75 Å². The van der Waals surface area contributed by atoms with Gasteiger partial charge in [0.15, 0.2) is 0 Å². The first-order chi connectivity index (χ1) is 13.7. The van der Waals surface area contributed by atoms with E-state index >= 15 is 0 Å². The Bertz CT molecular complexity index is 1200. The Morgan fingerprint density at radius 1 is 1.00 bits per heavy atom. The van der Waals surface area contributed by atoms with Crippen LogP contribution in [0.15, 0.2) is 79.0 Å². The molecular weight excluding hydrogens is 375 g/mol. The number of hydrogen-bond donors (Lipinski definition) is 1. The Kier molecular flexibility index (Phi) is 6.73.